The predicted molar refractivity (Wildman–Crippen MR) is 144 cm³/mol. The van der Waals surface area contributed by atoms with Gasteiger partial charge >= 0.3 is 5.97 Å². The fourth-order valence-electron chi connectivity index (χ4n) is 5.60. The number of rotatable bonds is 8. The maximum absolute atomic E-state index is 12.5. The van der Waals surface area contributed by atoms with Crippen LogP contribution in [0.25, 0.3) is 0 Å². The highest BCUT2D eigenvalue weighted by molar-refractivity contribution is 6.99. The lowest BCUT2D eigenvalue weighted by molar-refractivity contribution is -0.142. The molecule has 2 heterocycles. The van der Waals surface area contributed by atoms with Gasteiger partial charge in [0.25, 0.3) is 8.32 Å². The number of hydrogen-bond acceptors (Lipinski definition) is 5. The maximum Gasteiger partial charge on any atom is 0.306 e. The van der Waals surface area contributed by atoms with Crippen molar-refractivity contribution in [3.8, 4) is 0 Å². The topological polar surface area (TPSA) is 61.8 Å². The molecule has 0 N–H and O–H groups in total. The van der Waals surface area contributed by atoms with E-state index in [4.69, 9.17) is 13.9 Å². The number of cyclic esters (lactones) is 1. The summed E-state index contributed by atoms with van der Waals surface area (Å²) in [5.41, 5.74) is -0.216. The molecule has 0 bridgehead atoms. The van der Waals surface area contributed by atoms with Gasteiger partial charge in [0.05, 0.1) is 18.8 Å². The number of carbonyl (C=O) groups excluding carboxylic acids is 2. The largest absolute Gasteiger partial charge is 0.484 e. The van der Waals surface area contributed by atoms with Gasteiger partial charge in [-0.25, -0.2) is 0 Å². The fraction of sp³-hybridized carbons (Fsp3) is 0.400. The third kappa shape index (κ3) is 4.84. The van der Waals surface area contributed by atoms with Gasteiger partial charge in [-0.1, -0.05) is 93.6 Å². The molecule has 36 heavy (non-hydrogen) atoms. The van der Waals surface area contributed by atoms with Crippen LogP contribution in [0.1, 0.15) is 47.5 Å². The molecule has 190 valence electrons. The molecule has 3 atom stereocenters. The van der Waals surface area contributed by atoms with Crippen molar-refractivity contribution < 1.29 is 23.5 Å². The molecular weight excluding hydrogens is 468 g/mol. The second kappa shape index (κ2) is 9.83. The molecular formula is C30H36O5Si. The Morgan fingerprint density at radius 3 is 2.08 bits per heavy atom. The first-order chi connectivity index (χ1) is 17.0. The summed E-state index contributed by atoms with van der Waals surface area (Å²) in [7, 11) is -2.78. The van der Waals surface area contributed by atoms with Crippen molar-refractivity contribution >= 4 is 30.4 Å². The minimum absolute atomic E-state index is 0.0773. The van der Waals surface area contributed by atoms with E-state index in [1.807, 2.05) is 36.4 Å². The Morgan fingerprint density at radius 1 is 1.06 bits per heavy atom. The Morgan fingerprint density at radius 2 is 1.61 bits per heavy atom. The Kier molecular flexibility index (Phi) is 7.13. The van der Waals surface area contributed by atoms with Crippen molar-refractivity contribution in [2.24, 2.45) is 5.92 Å². The van der Waals surface area contributed by atoms with E-state index in [0.717, 1.165) is 5.57 Å². The Bertz CT molecular complexity index is 1130. The summed E-state index contributed by atoms with van der Waals surface area (Å²) in [6.45, 7) is 14.7. The molecule has 0 amide bonds. The van der Waals surface area contributed by atoms with Gasteiger partial charge in [-0.3, -0.25) is 9.59 Å². The van der Waals surface area contributed by atoms with Crippen LogP contribution in [0.5, 0.6) is 0 Å². The lowest BCUT2D eigenvalue weighted by atomic mass is 9.84. The van der Waals surface area contributed by atoms with E-state index in [1.54, 1.807) is 13.8 Å². The predicted octanol–water partition coefficient (Wildman–Crippen LogP) is 4.70. The number of carbonyl (C=O) groups is 2. The zero-order valence-corrected chi connectivity index (χ0v) is 22.9. The SMILES string of the molecule is C=C(C[C@]1(C)OC(C)=CC1=O)[C@H]1CC(=O)O[C@@H]1CO[Si](c1ccccc1)(c1ccccc1)C(C)(C)C. The van der Waals surface area contributed by atoms with Crippen LogP contribution >= 0.6 is 0 Å². The molecule has 2 aromatic carbocycles. The summed E-state index contributed by atoms with van der Waals surface area (Å²) in [5, 5.41) is 2.15. The molecule has 2 aliphatic heterocycles. The van der Waals surface area contributed by atoms with Crippen LogP contribution in [-0.2, 0) is 23.5 Å². The average molecular weight is 505 g/mol. The van der Waals surface area contributed by atoms with E-state index in [9.17, 15) is 9.59 Å². The minimum Gasteiger partial charge on any atom is -0.484 e. The monoisotopic (exact) mass is 504 g/mol. The molecule has 0 unspecified atom stereocenters. The van der Waals surface area contributed by atoms with Crippen LogP contribution in [0, 0.1) is 5.92 Å². The number of ketones is 1. The first kappa shape index (κ1) is 26.1. The second-order valence-electron chi connectivity index (χ2n) is 11.1. The molecule has 0 aromatic heterocycles. The van der Waals surface area contributed by atoms with Crippen molar-refractivity contribution in [1.82, 2.24) is 0 Å². The van der Waals surface area contributed by atoms with Crippen LogP contribution in [-0.4, -0.2) is 38.4 Å². The first-order valence-corrected chi connectivity index (χ1v) is 14.4. The van der Waals surface area contributed by atoms with Gasteiger partial charge in [0, 0.05) is 18.4 Å². The average Bonchev–Trinajstić information content (AvgIpc) is 3.32. The van der Waals surface area contributed by atoms with Gasteiger partial charge in [-0.2, -0.15) is 0 Å². The zero-order valence-electron chi connectivity index (χ0n) is 21.9. The van der Waals surface area contributed by atoms with E-state index in [-0.39, 0.29) is 35.7 Å². The van der Waals surface area contributed by atoms with Gasteiger partial charge in [-0.15, -0.1) is 0 Å². The van der Waals surface area contributed by atoms with Gasteiger partial charge in [0.2, 0.25) is 5.78 Å². The highest BCUT2D eigenvalue weighted by atomic mass is 28.4. The van der Waals surface area contributed by atoms with E-state index in [0.29, 0.717) is 12.2 Å². The van der Waals surface area contributed by atoms with E-state index >= 15 is 0 Å². The molecule has 4 rings (SSSR count). The summed E-state index contributed by atoms with van der Waals surface area (Å²) in [5.74, 6) is 0.00675. The molecule has 0 spiro atoms. The summed E-state index contributed by atoms with van der Waals surface area (Å²) in [6.07, 6.45) is 1.61. The summed E-state index contributed by atoms with van der Waals surface area (Å²) in [6, 6.07) is 20.8. The lowest BCUT2D eigenvalue weighted by Gasteiger charge is -2.43. The van der Waals surface area contributed by atoms with Crippen molar-refractivity contribution in [3.05, 3.63) is 84.7 Å². The molecule has 0 saturated carbocycles. The molecule has 2 aromatic rings. The number of esters is 1. The van der Waals surface area contributed by atoms with Crippen LogP contribution in [0.4, 0.5) is 0 Å². The van der Waals surface area contributed by atoms with Crippen molar-refractivity contribution in [2.45, 2.75) is 64.2 Å². The molecule has 1 saturated heterocycles. The molecule has 1 fully saturated rings. The van der Waals surface area contributed by atoms with E-state index in [2.05, 4.69) is 51.6 Å². The van der Waals surface area contributed by atoms with E-state index < -0.39 is 20.0 Å². The maximum atomic E-state index is 12.5. The van der Waals surface area contributed by atoms with Crippen LogP contribution < -0.4 is 10.4 Å². The van der Waals surface area contributed by atoms with Crippen LogP contribution in [0.3, 0.4) is 0 Å². The number of ether oxygens (including phenoxy) is 2. The first-order valence-electron chi connectivity index (χ1n) is 12.5. The fourth-order valence-corrected chi connectivity index (χ4v) is 10.2. The summed E-state index contributed by atoms with van der Waals surface area (Å²) in [4.78, 5) is 25.0. The number of hydrogen-bond donors (Lipinski definition) is 0. The van der Waals surface area contributed by atoms with Crippen LogP contribution in [0.2, 0.25) is 5.04 Å². The molecule has 0 radical (unpaired) electrons. The lowest BCUT2D eigenvalue weighted by Crippen LogP contribution is -2.67. The smallest absolute Gasteiger partial charge is 0.306 e. The number of allylic oxidation sites excluding steroid dienone is 1. The second-order valence-corrected chi connectivity index (χ2v) is 15.4. The summed E-state index contributed by atoms with van der Waals surface area (Å²) >= 11 is 0. The number of benzene rings is 2. The van der Waals surface area contributed by atoms with Crippen molar-refractivity contribution in [2.75, 3.05) is 6.61 Å². The van der Waals surface area contributed by atoms with E-state index in [1.165, 1.54) is 16.4 Å². The van der Waals surface area contributed by atoms with Crippen molar-refractivity contribution in [1.29, 1.82) is 0 Å². The zero-order chi connectivity index (χ0) is 26.1. The molecule has 5 nitrogen and oxygen atoms in total. The Hall–Kier alpha value is -2.96. The molecule has 0 aliphatic carbocycles. The van der Waals surface area contributed by atoms with Crippen LogP contribution in [0.15, 0.2) is 84.7 Å². The molecule has 2 aliphatic rings. The third-order valence-electron chi connectivity index (χ3n) is 7.33. The quantitative estimate of drug-likeness (QED) is 0.296. The molecule has 6 heteroatoms. The van der Waals surface area contributed by atoms with Gasteiger partial charge < -0.3 is 13.9 Å². The Balaban J connectivity index is 1.62. The Labute approximate surface area is 215 Å². The highest BCUT2D eigenvalue weighted by Crippen LogP contribution is 2.40. The normalized spacial score (nSPS) is 24.3. The third-order valence-corrected chi connectivity index (χ3v) is 12.3. The summed E-state index contributed by atoms with van der Waals surface area (Å²) < 4.78 is 18.6. The van der Waals surface area contributed by atoms with Gasteiger partial charge in [0.15, 0.2) is 5.60 Å². The highest BCUT2D eigenvalue weighted by Gasteiger charge is 2.52. The van der Waals surface area contributed by atoms with Gasteiger partial charge in [0.1, 0.15) is 6.10 Å². The van der Waals surface area contributed by atoms with Gasteiger partial charge in [-0.05, 0) is 29.3 Å². The van der Waals surface area contributed by atoms with Crippen molar-refractivity contribution in [3.63, 3.8) is 0 Å². The minimum atomic E-state index is -2.78. The standard InChI is InChI=1S/C30H36O5Si/c1-21(19-30(6)27(31)17-22(2)35-30)25-18-28(32)34-26(25)20-33-36(29(3,4)5,23-13-9-7-10-14-23)24-15-11-8-12-16-24/h7-17,25-26H,1,18-20H2,2-6H3/t25-,26-,30+/m1/s1.